The number of aryl methyl sites for hydroxylation is 2. The van der Waals surface area contributed by atoms with Gasteiger partial charge in [-0.2, -0.15) is 5.10 Å². The zero-order valence-electron chi connectivity index (χ0n) is 21.5. The van der Waals surface area contributed by atoms with Crippen molar-refractivity contribution >= 4 is 40.0 Å². The molecule has 7 nitrogen and oxygen atoms in total. The molecule has 1 saturated carbocycles. The Hall–Kier alpha value is -3.61. The number of fused-ring (bicyclic) bond motifs is 3. The van der Waals surface area contributed by atoms with Crippen LogP contribution in [0.4, 0.5) is 5.69 Å². The number of anilines is 1. The summed E-state index contributed by atoms with van der Waals surface area (Å²) in [6.07, 6.45) is 13.3. The fraction of sp³-hybridized carbons (Fsp3) is 0.414. The fourth-order valence-corrected chi connectivity index (χ4v) is 6.32. The van der Waals surface area contributed by atoms with Crippen molar-refractivity contribution in [3.63, 3.8) is 0 Å². The second-order valence-electron chi connectivity index (χ2n) is 10.4. The minimum atomic E-state index is 0.0574. The number of pyridine rings is 1. The van der Waals surface area contributed by atoms with Crippen LogP contribution in [0.25, 0.3) is 38.8 Å². The van der Waals surface area contributed by atoms with Crippen LogP contribution in [0.2, 0.25) is 0 Å². The van der Waals surface area contributed by atoms with Gasteiger partial charge in [0.2, 0.25) is 0 Å². The minimum absolute atomic E-state index is 0.0574. The highest BCUT2D eigenvalue weighted by molar-refractivity contribution is 6.13. The molecule has 0 aliphatic heterocycles. The number of nitrogens with one attached hydrogen (secondary N) is 1. The Morgan fingerprint density at radius 3 is 2.69 bits per heavy atom. The molecular formula is C29H34N6O. The van der Waals surface area contributed by atoms with Crippen LogP contribution in [0.15, 0.2) is 40.4 Å². The molecule has 4 aromatic rings. The molecule has 1 N–H and O–H groups in total. The molecule has 2 aliphatic rings. The lowest BCUT2D eigenvalue weighted by atomic mass is 9.91. The third-order valence-corrected chi connectivity index (χ3v) is 8.22. The van der Waals surface area contributed by atoms with E-state index in [1.807, 2.05) is 20.3 Å². The van der Waals surface area contributed by atoms with Crippen molar-refractivity contribution in [2.45, 2.75) is 64.3 Å². The van der Waals surface area contributed by atoms with Crippen LogP contribution in [-0.2, 0) is 7.05 Å². The number of nitrogens with zero attached hydrogens (tertiary/aromatic N) is 5. The molecule has 186 valence electrons. The summed E-state index contributed by atoms with van der Waals surface area (Å²) >= 11 is 0. The first-order valence-electron chi connectivity index (χ1n) is 13.1. The van der Waals surface area contributed by atoms with Gasteiger partial charge in [-0.1, -0.05) is 25.0 Å². The maximum Gasteiger partial charge on any atom is 0.329 e. The highest BCUT2D eigenvalue weighted by atomic mass is 16.1. The zero-order chi connectivity index (χ0) is 25.0. The van der Waals surface area contributed by atoms with Gasteiger partial charge in [0.25, 0.3) is 0 Å². The molecule has 0 saturated heterocycles. The Morgan fingerprint density at radius 1 is 1.19 bits per heavy atom. The molecule has 36 heavy (non-hydrogen) atoms. The number of hydrazone groups is 1. The van der Waals surface area contributed by atoms with E-state index in [1.165, 1.54) is 31.3 Å². The van der Waals surface area contributed by atoms with Crippen LogP contribution in [-0.4, -0.2) is 32.9 Å². The van der Waals surface area contributed by atoms with E-state index in [-0.39, 0.29) is 11.7 Å². The van der Waals surface area contributed by atoms with Crippen molar-refractivity contribution in [2.75, 3.05) is 12.1 Å². The monoisotopic (exact) mass is 482 g/mol. The number of aromatic nitrogens is 4. The first-order chi connectivity index (χ1) is 17.5. The largest absolute Gasteiger partial charge is 0.339 e. The molecule has 2 aliphatic carbocycles. The lowest BCUT2D eigenvalue weighted by Gasteiger charge is -2.18. The minimum Gasteiger partial charge on any atom is -0.339 e. The number of imidazole rings is 1. The molecule has 1 aromatic carbocycles. The number of benzene rings is 1. The summed E-state index contributed by atoms with van der Waals surface area (Å²) in [5, 5.41) is 6.93. The van der Waals surface area contributed by atoms with E-state index in [2.05, 4.69) is 52.6 Å². The molecule has 0 atom stereocenters. The lowest BCUT2D eigenvalue weighted by Crippen LogP contribution is -2.24. The number of H-pyrrole nitrogens is 1. The van der Waals surface area contributed by atoms with Crippen molar-refractivity contribution in [3.8, 4) is 11.1 Å². The summed E-state index contributed by atoms with van der Waals surface area (Å²) in [4.78, 5) is 22.1. The number of allylic oxidation sites excluding steroid dienone is 2. The van der Waals surface area contributed by atoms with Crippen molar-refractivity contribution in [1.29, 1.82) is 0 Å². The Bertz CT molecular complexity index is 1580. The van der Waals surface area contributed by atoms with Gasteiger partial charge in [0.1, 0.15) is 5.65 Å². The van der Waals surface area contributed by atoms with Gasteiger partial charge in [-0.25, -0.2) is 9.78 Å². The summed E-state index contributed by atoms with van der Waals surface area (Å²) in [5.74, 6) is 0. The highest BCUT2D eigenvalue weighted by Crippen LogP contribution is 2.43. The number of rotatable bonds is 5. The van der Waals surface area contributed by atoms with Crippen LogP contribution in [0.5, 0.6) is 0 Å². The molecule has 0 spiro atoms. The van der Waals surface area contributed by atoms with E-state index in [4.69, 9.17) is 4.98 Å². The average Bonchev–Trinajstić information content (AvgIpc) is 3.61. The molecule has 6 rings (SSSR count). The van der Waals surface area contributed by atoms with Crippen molar-refractivity contribution < 1.29 is 0 Å². The van der Waals surface area contributed by atoms with Gasteiger partial charge >= 0.3 is 5.69 Å². The Labute approximate surface area is 211 Å². The molecule has 0 unspecified atom stereocenters. The normalized spacial score (nSPS) is 16.7. The molecule has 0 bridgehead atoms. The van der Waals surface area contributed by atoms with E-state index in [0.29, 0.717) is 0 Å². The van der Waals surface area contributed by atoms with E-state index < -0.39 is 0 Å². The van der Waals surface area contributed by atoms with Crippen LogP contribution in [0.1, 0.15) is 68.7 Å². The van der Waals surface area contributed by atoms with Crippen molar-refractivity contribution in [2.24, 2.45) is 12.1 Å². The van der Waals surface area contributed by atoms with Gasteiger partial charge in [0, 0.05) is 32.4 Å². The van der Waals surface area contributed by atoms with Crippen LogP contribution in [0, 0.1) is 6.92 Å². The Kier molecular flexibility index (Phi) is 5.58. The maximum atomic E-state index is 13.5. The van der Waals surface area contributed by atoms with E-state index in [1.54, 1.807) is 9.58 Å². The number of hydrogen-bond donors (Lipinski definition) is 1. The first kappa shape index (κ1) is 22.8. The molecule has 3 heterocycles. The average molecular weight is 483 g/mol. The number of hydrogen-bond acceptors (Lipinski definition) is 4. The predicted molar refractivity (Wildman–Crippen MR) is 149 cm³/mol. The standard InChI is InChI=1S/C29H34N6O/c1-18-16-20(14-15-22(18)34(4)30-2)24-25-27-23(33(3)29(36)35(27)21-12-8-9-13-21)17-31-28(25)32-26(24)19-10-6-5-7-11-19/h10,14-17,21H,2,5-9,11-13H2,1,3-4H3,(H,31,32). The quantitative estimate of drug-likeness (QED) is 0.267. The van der Waals surface area contributed by atoms with Gasteiger partial charge in [0.05, 0.1) is 34.0 Å². The Balaban J connectivity index is 1.71. The predicted octanol–water partition coefficient (Wildman–Crippen LogP) is 6.32. The van der Waals surface area contributed by atoms with E-state index in [0.717, 1.165) is 75.8 Å². The summed E-state index contributed by atoms with van der Waals surface area (Å²) in [5.41, 5.74) is 9.74. The first-order valence-corrected chi connectivity index (χ1v) is 13.1. The molecule has 7 heteroatoms. The summed E-state index contributed by atoms with van der Waals surface area (Å²) in [6.45, 7) is 5.79. The van der Waals surface area contributed by atoms with E-state index in [9.17, 15) is 4.79 Å². The van der Waals surface area contributed by atoms with Crippen LogP contribution in [0.3, 0.4) is 0 Å². The third-order valence-electron chi connectivity index (χ3n) is 8.22. The van der Waals surface area contributed by atoms with E-state index >= 15 is 0 Å². The van der Waals surface area contributed by atoms with Crippen molar-refractivity contribution in [1.82, 2.24) is 19.1 Å². The lowest BCUT2D eigenvalue weighted by molar-refractivity contribution is 0.510. The third kappa shape index (κ3) is 3.44. The van der Waals surface area contributed by atoms with Gasteiger partial charge in [-0.15, -0.1) is 0 Å². The van der Waals surface area contributed by atoms with Crippen LogP contribution < -0.4 is 10.7 Å². The highest BCUT2D eigenvalue weighted by Gasteiger charge is 2.28. The molecule has 1 fully saturated rings. The fourth-order valence-electron chi connectivity index (χ4n) is 6.32. The second kappa shape index (κ2) is 8.80. The van der Waals surface area contributed by atoms with Gasteiger partial charge in [0.15, 0.2) is 0 Å². The molecule has 0 radical (unpaired) electrons. The number of aromatic amines is 1. The molecule has 3 aromatic heterocycles. The van der Waals surface area contributed by atoms with Gasteiger partial charge in [-0.3, -0.25) is 14.1 Å². The van der Waals surface area contributed by atoms with Crippen LogP contribution >= 0.6 is 0 Å². The topological polar surface area (TPSA) is 71.2 Å². The summed E-state index contributed by atoms with van der Waals surface area (Å²) in [6, 6.07) is 6.74. The zero-order valence-corrected chi connectivity index (χ0v) is 21.5. The van der Waals surface area contributed by atoms with Gasteiger partial charge < -0.3 is 4.98 Å². The maximum absolute atomic E-state index is 13.5. The summed E-state index contributed by atoms with van der Waals surface area (Å²) in [7, 11) is 3.79. The second-order valence-corrected chi connectivity index (χ2v) is 10.4. The Morgan fingerprint density at radius 2 is 2.00 bits per heavy atom. The molecular weight excluding hydrogens is 448 g/mol. The molecule has 0 amide bonds. The SMILES string of the molecule is C=NN(C)c1ccc(-c2c(C3=CCCCC3)[nH]c3ncc4c(c23)n(C2CCCC2)c(=O)n4C)cc1C. The summed E-state index contributed by atoms with van der Waals surface area (Å²) < 4.78 is 3.84. The smallest absolute Gasteiger partial charge is 0.329 e. The van der Waals surface area contributed by atoms with Crippen molar-refractivity contribution in [3.05, 3.63) is 52.2 Å². The van der Waals surface area contributed by atoms with Gasteiger partial charge in [-0.05, 0) is 74.3 Å².